The molecule has 0 aliphatic rings. The highest BCUT2D eigenvalue weighted by molar-refractivity contribution is 6.31. The van der Waals surface area contributed by atoms with Crippen LogP contribution >= 0.6 is 11.6 Å². The minimum Gasteiger partial charge on any atom is -0.380 e. The van der Waals surface area contributed by atoms with Crippen LogP contribution < -0.4 is 16.4 Å². The molecule has 2 heterocycles. The van der Waals surface area contributed by atoms with Crippen LogP contribution in [0.2, 0.25) is 5.02 Å². The molecule has 0 atom stereocenters. The van der Waals surface area contributed by atoms with Gasteiger partial charge in [-0.3, -0.25) is 9.59 Å². The van der Waals surface area contributed by atoms with E-state index in [1.165, 1.54) is 29.8 Å². The van der Waals surface area contributed by atoms with Crippen molar-refractivity contribution in [2.24, 2.45) is 7.05 Å². The molecule has 26 heavy (non-hydrogen) atoms. The number of nitriles is 1. The standard InChI is InChI=1S/C18H14ClFN4O2/c1-24-12(9-21)2-3-15(18(24)26)22-5-4-10-6-11-7-13(19)14(20)8-16(11)23-17(10)25/h2-3,6-8,22H,4-5H2,1H3,(H,23,25). The second-order valence-electron chi connectivity index (χ2n) is 5.76. The van der Waals surface area contributed by atoms with Crippen molar-refractivity contribution < 1.29 is 4.39 Å². The molecule has 0 unspecified atom stereocenters. The van der Waals surface area contributed by atoms with Crippen molar-refractivity contribution in [3.05, 3.63) is 73.1 Å². The molecule has 2 aromatic heterocycles. The highest BCUT2D eigenvalue weighted by Crippen LogP contribution is 2.21. The molecule has 0 amide bonds. The van der Waals surface area contributed by atoms with Gasteiger partial charge in [0.2, 0.25) is 0 Å². The van der Waals surface area contributed by atoms with Crippen LogP contribution in [0.25, 0.3) is 10.9 Å². The van der Waals surface area contributed by atoms with Gasteiger partial charge in [-0.1, -0.05) is 11.6 Å². The number of hydrogen-bond acceptors (Lipinski definition) is 4. The highest BCUT2D eigenvalue weighted by atomic mass is 35.5. The molecule has 132 valence electrons. The molecule has 8 heteroatoms. The van der Waals surface area contributed by atoms with Crippen LogP contribution in [-0.4, -0.2) is 16.1 Å². The fourth-order valence-electron chi connectivity index (χ4n) is 2.65. The Labute approximate surface area is 152 Å². The van der Waals surface area contributed by atoms with Gasteiger partial charge in [0.1, 0.15) is 23.3 Å². The number of aromatic nitrogens is 2. The van der Waals surface area contributed by atoms with Crippen LogP contribution in [0.1, 0.15) is 11.3 Å². The van der Waals surface area contributed by atoms with Crippen molar-refractivity contribution in [2.75, 3.05) is 11.9 Å². The maximum absolute atomic E-state index is 13.5. The van der Waals surface area contributed by atoms with Gasteiger partial charge in [-0.2, -0.15) is 5.26 Å². The summed E-state index contributed by atoms with van der Waals surface area (Å²) >= 11 is 5.78. The Morgan fingerprint density at radius 1 is 1.31 bits per heavy atom. The Hall–Kier alpha value is -3.11. The van der Waals surface area contributed by atoms with Crippen molar-refractivity contribution >= 4 is 28.2 Å². The molecule has 0 fully saturated rings. The molecule has 0 saturated heterocycles. The van der Waals surface area contributed by atoms with Crippen molar-refractivity contribution in [1.29, 1.82) is 5.26 Å². The summed E-state index contributed by atoms with van der Waals surface area (Å²) in [6.45, 7) is 0.338. The molecule has 3 rings (SSSR count). The number of nitrogens with one attached hydrogen (secondary N) is 2. The SMILES string of the molecule is Cn1c(C#N)ccc(NCCc2cc3cc(Cl)c(F)cc3[nH]c2=O)c1=O. The van der Waals surface area contributed by atoms with Gasteiger partial charge in [-0.25, -0.2) is 4.39 Å². The predicted octanol–water partition coefficient (Wildman–Crippen LogP) is 2.55. The van der Waals surface area contributed by atoms with E-state index in [4.69, 9.17) is 16.9 Å². The lowest BCUT2D eigenvalue weighted by Crippen LogP contribution is -2.24. The maximum atomic E-state index is 13.5. The average Bonchev–Trinajstić information content (AvgIpc) is 2.61. The van der Waals surface area contributed by atoms with E-state index in [-0.39, 0.29) is 21.8 Å². The first kappa shape index (κ1) is 17.7. The zero-order valence-corrected chi connectivity index (χ0v) is 14.5. The van der Waals surface area contributed by atoms with Crippen LogP contribution in [0.3, 0.4) is 0 Å². The summed E-state index contributed by atoms with van der Waals surface area (Å²) in [5.41, 5.74) is 0.810. The maximum Gasteiger partial charge on any atom is 0.274 e. The summed E-state index contributed by atoms with van der Waals surface area (Å²) in [5.74, 6) is -0.596. The van der Waals surface area contributed by atoms with E-state index in [2.05, 4.69) is 10.3 Å². The van der Waals surface area contributed by atoms with Gasteiger partial charge < -0.3 is 14.9 Å². The van der Waals surface area contributed by atoms with Crippen molar-refractivity contribution in [3.63, 3.8) is 0 Å². The summed E-state index contributed by atoms with van der Waals surface area (Å²) in [6, 6.07) is 9.30. The molecular formula is C18H14ClFN4O2. The molecule has 0 bridgehead atoms. The van der Waals surface area contributed by atoms with Gasteiger partial charge in [0.05, 0.1) is 10.5 Å². The monoisotopic (exact) mass is 372 g/mol. The number of benzene rings is 1. The first-order chi connectivity index (χ1) is 12.4. The van der Waals surface area contributed by atoms with E-state index >= 15 is 0 Å². The Morgan fingerprint density at radius 2 is 2.08 bits per heavy atom. The lowest BCUT2D eigenvalue weighted by atomic mass is 10.1. The van der Waals surface area contributed by atoms with E-state index in [1.807, 2.05) is 6.07 Å². The second-order valence-corrected chi connectivity index (χ2v) is 6.17. The van der Waals surface area contributed by atoms with Gasteiger partial charge >= 0.3 is 0 Å². The fourth-order valence-corrected chi connectivity index (χ4v) is 2.82. The Bertz CT molecular complexity index is 1160. The van der Waals surface area contributed by atoms with E-state index in [1.54, 1.807) is 12.1 Å². The first-order valence-electron chi connectivity index (χ1n) is 7.75. The number of aromatic amines is 1. The third-order valence-corrected chi connectivity index (χ3v) is 4.38. The summed E-state index contributed by atoms with van der Waals surface area (Å²) in [7, 11) is 1.52. The minimum atomic E-state index is -0.596. The normalized spacial score (nSPS) is 10.7. The molecule has 0 radical (unpaired) electrons. The summed E-state index contributed by atoms with van der Waals surface area (Å²) < 4.78 is 14.7. The number of nitrogens with zero attached hydrogens (tertiary/aromatic N) is 2. The second kappa shape index (κ2) is 7.02. The van der Waals surface area contributed by atoms with E-state index in [9.17, 15) is 14.0 Å². The molecule has 0 spiro atoms. The number of pyridine rings is 2. The number of rotatable bonds is 4. The minimum absolute atomic E-state index is 0.0188. The highest BCUT2D eigenvalue weighted by Gasteiger charge is 2.08. The Morgan fingerprint density at radius 3 is 2.81 bits per heavy atom. The number of anilines is 1. The van der Waals surface area contributed by atoms with Gasteiger partial charge in [0.25, 0.3) is 11.1 Å². The third kappa shape index (κ3) is 3.32. The molecule has 0 aliphatic heterocycles. The van der Waals surface area contributed by atoms with Crippen LogP contribution in [0.5, 0.6) is 0 Å². The molecule has 3 aromatic rings. The van der Waals surface area contributed by atoms with Crippen LogP contribution in [0, 0.1) is 17.1 Å². The molecule has 6 nitrogen and oxygen atoms in total. The lowest BCUT2D eigenvalue weighted by molar-refractivity contribution is 0.629. The van der Waals surface area contributed by atoms with Crippen LogP contribution in [0.4, 0.5) is 10.1 Å². The van der Waals surface area contributed by atoms with Gasteiger partial charge in [0.15, 0.2) is 0 Å². The zero-order valence-electron chi connectivity index (χ0n) is 13.8. The van der Waals surface area contributed by atoms with Gasteiger partial charge in [-0.05, 0) is 36.8 Å². The Kier molecular flexibility index (Phi) is 4.78. The molecule has 2 N–H and O–H groups in total. The zero-order chi connectivity index (χ0) is 18.8. The lowest BCUT2D eigenvalue weighted by Gasteiger charge is -2.09. The summed E-state index contributed by atoms with van der Waals surface area (Å²) in [4.78, 5) is 26.9. The number of fused-ring (bicyclic) bond motifs is 1. The fraction of sp³-hybridized carbons (Fsp3) is 0.167. The predicted molar refractivity (Wildman–Crippen MR) is 98.1 cm³/mol. The van der Waals surface area contributed by atoms with E-state index in [0.29, 0.717) is 35.1 Å². The first-order valence-corrected chi connectivity index (χ1v) is 8.13. The number of halogens is 2. The Balaban J connectivity index is 1.80. The van der Waals surface area contributed by atoms with E-state index < -0.39 is 5.82 Å². The van der Waals surface area contributed by atoms with Gasteiger partial charge in [-0.15, -0.1) is 0 Å². The van der Waals surface area contributed by atoms with Crippen LogP contribution in [0.15, 0.2) is 39.9 Å². The average molecular weight is 373 g/mol. The van der Waals surface area contributed by atoms with Crippen LogP contribution in [-0.2, 0) is 13.5 Å². The summed E-state index contributed by atoms with van der Waals surface area (Å²) in [6.07, 6.45) is 0.351. The smallest absolute Gasteiger partial charge is 0.274 e. The third-order valence-electron chi connectivity index (χ3n) is 4.09. The van der Waals surface area contributed by atoms with Crippen molar-refractivity contribution in [3.8, 4) is 6.07 Å². The molecule has 0 saturated carbocycles. The van der Waals surface area contributed by atoms with Crippen molar-refractivity contribution in [2.45, 2.75) is 6.42 Å². The molecule has 0 aliphatic carbocycles. The number of hydrogen-bond donors (Lipinski definition) is 2. The van der Waals surface area contributed by atoms with Crippen molar-refractivity contribution in [1.82, 2.24) is 9.55 Å². The topological polar surface area (TPSA) is 90.7 Å². The quantitative estimate of drug-likeness (QED) is 0.736. The summed E-state index contributed by atoms with van der Waals surface area (Å²) in [5, 5.41) is 12.5. The van der Waals surface area contributed by atoms with Gasteiger partial charge in [0, 0.05) is 24.5 Å². The molecule has 1 aromatic carbocycles. The molecular weight excluding hydrogens is 359 g/mol. The largest absolute Gasteiger partial charge is 0.380 e. The number of H-pyrrole nitrogens is 1. The van der Waals surface area contributed by atoms with E-state index in [0.717, 1.165) is 0 Å².